The van der Waals surface area contributed by atoms with E-state index in [9.17, 15) is 9.90 Å². The maximum Gasteiger partial charge on any atom is 0.133 e. The summed E-state index contributed by atoms with van der Waals surface area (Å²) in [4.78, 5) is 11.3. The summed E-state index contributed by atoms with van der Waals surface area (Å²) in [6.07, 6.45) is 8.51. The standard InChI is InChI=1S/C16H22O2/c17-12-3-1-9(2-4-12)10-5-13-11-7-15(14(13)6-10)16(18)8-11/h11,13-16,18H,1-8H2/t11-,13+,14+,15-,16+/m1/s1. The van der Waals surface area contributed by atoms with Crippen molar-refractivity contribution in [2.75, 3.05) is 0 Å². The summed E-state index contributed by atoms with van der Waals surface area (Å²) in [5.74, 6) is 3.51. The smallest absolute Gasteiger partial charge is 0.133 e. The molecular formula is C16H22O2. The second-order valence-corrected chi connectivity index (χ2v) is 6.94. The Kier molecular flexibility index (Phi) is 2.45. The van der Waals surface area contributed by atoms with Crippen LogP contribution in [0.1, 0.15) is 51.4 Å². The summed E-state index contributed by atoms with van der Waals surface area (Å²) in [5, 5.41) is 10.0. The lowest BCUT2D eigenvalue weighted by Crippen LogP contribution is -2.27. The van der Waals surface area contributed by atoms with E-state index in [4.69, 9.17) is 0 Å². The lowest BCUT2D eigenvalue weighted by molar-refractivity contribution is -0.119. The quantitative estimate of drug-likeness (QED) is 0.667. The predicted molar refractivity (Wildman–Crippen MR) is 68.9 cm³/mol. The van der Waals surface area contributed by atoms with Crippen molar-refractivity contribution in [3.8, 4) is 0 Å². The second kappa shape index (κ2) is 3.93. The van der Waals surface area contributed by atoms with E-state index in [0.29, 0.717) is 11.7 Å². The SMILES string of the molecule is O=C1CCC(=C2C[C@@H]3[C@H]4C[C@H](C[C@@H]4O)[C@@H]3C2)CC1. The van der Waals surface area contributed by atoms with Crippen molar-refractivity contribution in [1.82, 2.24) is 0 Å². The van der Waals surface area contributed by atoms with Crippen LogP contribution in [0.25, 0.3) is 0 Å². The Morgan fingerprint density at radius 2 is 1.56 bits per heavy atom. The van der Waals surface area contributed by atoms with Gasteiger partial charge in [0.05, 0.1) is 6.10 Å². The fourth-order valence-electron chi connectivity index (χ4n) is 5.31. The zero-order valence-corrected chi connectivity index (χ0v) is 10.9. The lowest BCUT2D eigenvalue weighted by atomic mass is 9.80. The highest BCUT2D eigenvalue weighted by Gasteiger charge is 2.54. The van der Waals surface area contributed by atoms with Crippen molar-refractivity contribution in [3.05, 3.63) is 11.1 Å². The molecule has 4 aliphatic carbocycles. The number of hydrogen-bond donors (Lipinski definition) is 1. The van der Waals surface area contributed by atoms with Crippen molar-refractivity contribution in [3.63, 3.8) is 0 Å². The molecule has 4 rings (SSSR count). The van der Waals surface area contributed by atoms with E-state index in [1.54, 1.807) is 11.1 Å². The van der Waals surface area contributed by atoms with Gasteiger partial charge in [-0.2, -0.15) is 0 Å². The van der Waals surface area contributed by atoms with Crippen molar-refractivity contribution in [1.29, 1.82) is 0 Å². The number of aliphatic hydroxyl groups is 1. The molecule has 2 heteroatoms. The fraction of sp³-hybridized carbons (Fsp3) is 0.812. The third kappa shape index (κ3) is 1.54. The molecule has 4 aliphatic rings. The molecule has 2 nitrogen and oxygen atoms in total. The molecule has 0 radical (unpaired) electrons. The van der Waals surface area contributed by atoms with E-state index in [-0.39, 0.29) is 6.10 Å². The van der Waals surface area contributed by atoms with Gasteiger partial charge in [-0.15, -0.1) is 0 Å². The van der Waals surface area contributed by atoms with Crippen molar-refractivity contribution in [2.24, 2.45) is 23.7 Å². The minimum Gasteiger partial charge on any atom is -0.393 e. The number of fused-ring (bicyclic) bond motifs is 5. The van der Waals surface area contributed by atoms with Crippen LogP contribution in [0.15, 0.2) is 11.1 Å². The lowest BCUT2D eigenvalue weighted by Gasteiger charge is -2.27. The molecule has 0 aliphatic heterocycles. The topological polar surface area (TPSA) is 37.3 Å². The normalized spacial score (nSPS) is 46.9. The zero-order valence-electron chi connectivity index (χ0n) is 10.9. The molecule has 0 aromatic heterocycles. The first-order chi connectivity index (χ1) is 8.72. The zero-order chi connectivity index (χ0) is 12.3. The van der Waals surface area contributed by atoms with Gasteiger partial charge in [0.2, 0.25) is 0 Å². The maximum absolute atomic E-state index is 11.3. The molecule has 4 fully saturated rings. The number of hydrogen-bond acceptors (Lipinski definition) is 2. The van der Waals surface area contributed by atoms with Gasteiger partial charge in [-0.25, -0.2) is 0 Å². The molecule has 18 heavy (non-hydrogen) atoms. The summed E-state index contributed by atoms with van der Waals surface area (Å²) in [5.41, 5.74) is 3.29. The summed E-state index contributed by atoms with van der Waals surface area (Å²) in [6.45, 7) is 0. The summed E-state index contributed by atoms with van der Waals surface area (Å²) in [6, 6.07) is 0. The van der Waals surface area contributed by atoms with Crippen LogP contribution in [0, 0.1) is 23.7 Å². The van der Waals surface area contributed by atoms with Gasteiger partial charge in [-0.3, -0.25) is 4.79 Å². The maximum atomic E-state index is 11.3. The molecule has 0 spiro atoms. The molecule has 0 heterocycles. The van der Waals surface area contributed by atoms with Crippen molar-refractivity contribution in [2.45, 2.75) is 57.5 Å². The molecule has 5 atom stereocenters. The molecule has 0 aromatic rings. The van der Waals surface area contributed by atoms with Crippen LogP contribution in [0.2, 0.25) is 0 Å². The average Bonchev–Trinajstić information content (AvgIpc) is 2.99. The van der Waals surface area contributed by atoms with Crippen LogP contribution in [0.5, 0.6) is 0 Å². The number of Topliss-reactive ketones (excluding diaryl/α,β-unsaturated/α-hetero) is 1. The third-order valence-electron chi connectivity index (χ3n) is 6.19. The van der Waals surface area contributed by atoms with Gasteiger partial charge in [0.25, 0.3) is 0 Å². The van der Waals surface area contributed by atoms with Gasteiger partial charge >= 0.3 is 0 Å². The number of allylic oxidation sites excluding steroid dienone is 2. The number of aliphatic hydroxyl groups excluding tert-OH is 1. The summed E-state index contributed by atoms with van der Waals surface area (Å²) in [7, 11) is 0. The Labute approximate surface area is 108 Å². The minimum atomic E-state index is -0.00599. The number of ketones is 1. The molecule has 4 saturated carbocycles. The minimum absolute atomic E-state index is 0.00599. The molecule has 2 bridgehead atoms. The third-order valence-corrected chi connectivity index (χ3v) is 6.19. The van der Waals surface area contributed by atoms with Gasteiger partial charge in [0.15, 0.2) is 0 Å². The van der Waals surface area contributed by atoms with E-state index in [0.717, 1.165) is 49.9 Å². The van der Waals surface area contributed by atoms with E-state index in [2.05, 4.69) is 0 Å². The van der Waals surface area contributed by atoms with Crippen LogP contribution in [-0.2, 0) is 4.79 Å². The van der Waals surface area contributed by atoms with E-state index in [1.807, 2.05) is 0 Å². The first-order valence-corrected chi connectivity index (χ1v) is 7.62. The van der Waals surface area contributed by atoms with Gasteiger partial charge in [-0.05, 0) is 62.2 Å². The fourth-order valence-corrected chi connectivity index (χ4v) is 5.31. The van der Waals surface area contributed by atoms with Crippen LogP contribution in [0.4, 0.5) is 0 Å². The molecule has 0 amide bonds. The Bertz CT molecular complexity index is 411. The Morgan fingerprint density at radius 1 is 0.833 bits per heavy atom. The van der Waals surface area contributed by atoms with E-state index in [1.165, 1.54) is 19.3 Å². The average molecular weight is 246 g/mol. The first-order valence-electron chi connectivity index (χ1n) is 7.62. The highest BCUT2D eigenvalue weighted by molar-refractivity contribution is 5.80. The Morgan fingerprint density at radius 3 is 2.33 bits per heavy atom. The molecule has 1 N–H and O–H groups in total. The predicted octanol–water partition coefficient (Wildman–Crippen LogP) is 2.85. The second-order valence-electron chi connectivity index (χ2n) is 6.94. The first kappa shape index (κ1) is 11.2. The van der Waals surface area contributed by atoms with Gasteiger partial charge in [-0.1, -0.05) is 11.1 Å². The Hall–Kier alpha value is -0.630. The van der Waals surface area contributed by atoms with E-state index >= 15 is 0 Å². The van der Waals surface area contributed by atoms with Crippen molar-refractivity contribution < 1.29 is 9.90 Å². The number of carbonyl (C=O) groups excluding carboxylic acids is 1. The summed E-state index contributed by atoms with van der Waals surface area (Å²) < 4.78 is 0. The van der Waals surface area contributed by atoms with Crippen LogP contribution < -0.4 is 0 Å². The van der Waals surface area contributed by atoms with Crippen LogP contribution in [-0.4, -0.2) is 17.0 Å². The Balaban J connectivity index is 1.54. The van der Waals surface area contributed by atoms with Crippen LogP contribution >= 0.6 is 0 Å². The van der Waals surface area contributed by atoms with Crippen molar-refractivity contribution >= 4 is 5.78 Å². The highest BCUT2D eigenvalue weighted by atomic mass is 16.3. The van der Waals surface area contributed by atoms with E-state index < -0.39 is 0 Å². The molecule has 0 saturated heterocycles. The van der Waals surface area contributed by atoms with Crippen LogP contribution in [0.3, 0.4) is 0 Å². The highest BCUT2D eigenvalue weighted by Crippen LogP contribution is 2.60. The monoisotopic (exact) mass is 246 g/mol. The van der Waals surface area contributed by atoms with Gasteiger partial charge < -0.3 is 5.11 Å². The molecular weight excluding hydrogens is 224 g/mol. The van der Waals surface area contributed by atoms with Gasteiger partial charge in [0.1, 0.15) is 5.78 Å². The summed E-state index contributed by atoms with van der Waals surface area (Å²) >= 11 is 0. The number of carbonyl (C=O) groups is 1. The molecule has 98 valence electrons. The molecule has 0 aromatic carbocycles. The largest absolute Gasteiger partial charge is 0.393 e. The molecule has 0 unspecified atom stereocenters. The van der Waals surface area contributed by atoms with Gasteiger partial charge in [0, 0.05) is 12.8 Å². The number of rotatable bonds is 0.